The lowest BCUT2D eigenvalue weighted by Crippen LogP contribution is -2.55. The van der Waals surface area contributed by atoms with Crippen molar-refractivity contribution in [3.63, 3.8) is 0 Å². The Hall–Kier alpha value is -4.79. The van der Waals surface area contributed by atoms with E-state index in [1.165, 1.54) is 4.90 Å². The number of halogens is 3. The van der Waals surface area contributed by atoms with E-state index in [1.54, 1.807) is 6.26 Å². The Bertz CT molecular complexity index is 2070. The van der Waals surface area contributed by atoms with E-state index in [2.05, 4.69) is 12.6 Å². The van der Waals surface area contributed by atoms with E-state index < -0.39 is 23.9 Å². The maximum Gasteiger partial charge on any atom is 0.319 e. The second-order valence-electron chi connectivity index (χ2n) is 12.1. The van der Waals surface area contributed by atoms with E-state index in [0.717, 1.165) is 27.3 Å². The van der Waals surface area contributed by atoms with Crippen LogP contribution in [-0.2, 0) is 4.79 Å². The van der Waals surface area contributed by atoms with Crippen molar-refractivity contribution >= 4 is 56.0 Å². The van der Waals surface area contributed by atoms with Crippen LogP contribution in [0.2, 0.25) is 5.02 Å². The van der Waals surface area contributed by atoms with Gasteiger partial charge < -0.3 is 19.0 Å². The van der Waals surface area contributed by atoms with Crippen molar-refractivity contribution in [2.24, 2.45) is 0 Å². The number of benzene rings is 3. The summed E-state index contributed by atoms with van der Waals surface area (Å²) in [5.41, 5.74) is 2.84. The molecule has 0 saturated carbocycles. The summed E-state index contributed by atoms with van der Waals surface area (Å²) in [7, 11) is 1.86. The molecule has 1 amide bonds. The number of nitriles is 1. The third-order valence-corrected chi connectivity index (χ3v) is 9.46. The summed E-state index contributed by atoms with van der Waals surface area (Å²) in [6.07, 6.45) is 1.02. The number of fused-ring (bicyclic) bond motifs is 4. The van der Waals surface area contributed by atoms with E-state index in [-0.39, 0.29) is 38.2 Å². The van der Waals surface area contributed by atoms with Gasteiger partial charge in [0.25, 0.3) is 5.91 Å². The van der Waals surface area contributed by atoms with Crippen LogP contribution < -0.4 is 9.64 Å². The van der Waals surface area contributed by atoms with E-state index >= 15 is 0 Å². The zero-order valence-electron chi connectivity index (χ0n) is 25.6. The summed E-state index contributed by atoms with van der Waals surface area (Å²) in [6, 6.07) is 17.1. The molecule has 3 aromatic carbocycles. The average Bonchev–Trinajstić information content (AvgIpc) is 3.68. The number of carbonyl (C=O) groups is 1. The number of aromatic nitrogens is 2. The van der Waals surface area contributed by atoms with Gasteiger partial charge in [0.15, 0.2) is 5.83 Å². The number of likely N-dealkylation sites (tertiary alicyclic amines) is 1. The molecule has 0 spiro atoms. The van der Waals surface area contributed by atoms with Crippen LogP contribution >= 0.6 is 11.6 Å². The quantitative estimate of drug-likeness (QED) is 0.179. The third-order valence-electron chi connectivity index (χ3n) is 9.15. The number of nitrogens with zero attached hydrogens (tertiary/aromatic N) is 6. The first-order valence-corrected chi connectivity index (χ1v) is 15.7. The minimum absolute atomic E-state index is 0.0115. The van der Waals surface area contributed by atoms with E-state index in [9.17, 15) is 18.8 Å². The standard InChI is InChI=1S/C35H31ClF2N6O3/c1-20(37)34(45)44-13-12-43(18-23(44)9-11-39)33-31-29(40-35(41-33)47-19-24-15-22(38)17-42(24)2)16-27(26-10-14-46-32(26)31)25-7-3-5-21-6-4-8-28(36)30(21)25/h3-8,10,14,16,22-24H,1,9,12-13,15,17-19H2,2H3/t22-,23?,24+/m1/s1. The van der Waals surface area contributed by atoms with E-state index in [4.69, 9.17) is 30.7 Å². The van der Waals surface area contributed by atoms with Crippen LogP contribution in [0.1, 0.15) is 12.8 Å². The highest BCUT2D eigenvalue weighted by molar-refractivity contribution is 6.37. The minimum Gasteiger partial charge on any atom is -0.463 e. The zero-order valence-corrected chi connectivity index (χ0v) is 26.4. The summed E-state index contributed by atoms with van der Waals surface area (Å²) in [6.45, 7) is 4.33. The number of furan rings is 1. The Labute approximate surface area is 274 Å². The van der Waals surface area contributed by atoms with Gasteiger partial charge in [0, 0.05) is 48.0 Å². The number of carbonyl (C=O) groups excluding carboxylic acids is 1. The van der Waals surface area contributed by atoms with Crippen LogP contribution in [0.25, 0.3) is 43.8 Å². The second kappa shape index (κ2) is 12.4. The average molecular weight is 657 g/mol. The van der Waals surface area contributed by atoms with E-state index in [1.807, 2.05) is 65.4 Å². The van der Waals surface area contributed by atoms with Crippen LogP contribution in [0.3, 0.4) is 0 Å². The molecule has 0 bridgehead atoms. The fourth-order valence-electron chi connectivity index (χ4n) is 6.86. The molecular formula is C35H31ClF2N6O3. The zero-order chi connectivity index (χ0) is 32.8. The molecule has 47 heavy (non-hydrogen) atoms. The van der Waals surface area contributed by atoms with Crippen molar-refractivity contribution in [1.82, 2.24) is 19.8 Å². The SMILES string of the molecule is C=C(F)C(=O)N1CCN(c2nc(OC[C@@H]3C[C@@H](F)CN3C)nc3cc(-c4cccc5cccc(Cl)c45)c4ccoc4c23)CC1CC#N. The molecule has 3 atom stereocenters. The molecule has 2 aromatic heterocycles. The highest BCUT2D eigenvalue weighted by Crippen LogP contribution is 2.43. The van der Waals surface area contributed by atoms with E-state index in [0.29, 0.717) is 46.8 Å². The van der Waals surface area contributed by atoms with Gasteiger partial charge in [-0.3, -0.25) is 9.69 Å². The van der Waals surface area contributed by atoms with Crippen LogP contribution in [0.4, 0.5) is 14.6 Å². The van der Waals surface area contributed by atoms with Crippen molar-refractivity contribution in [2.75, 3.05) is 44.7 Å². The van der Waals surface area contributed by atoms with Crippen molar-refractivity contribution in [3.05, 3.63) is 72.2 Å². The number of hydrogen-bond donors (Lipinski definition) is 0. The van der Waals surface area contributed by atoms with Crippen LogP contribution in [0.15, 0.2) is 71.6 Å². The maximum absolute atomic E-state index is 14.1. The Morgan fingerprint density at radius 1 is 1.13 bits per heavy atom. The second-order valence-corrected chi connectivity index (χ2v) is 12.5. The number of piperazine rings is 1. The molecule has 1 unspecified atom stereocenters. The predicted molar refractivity (Wildman–Crippen MR) is 177 cm³/mol. The molecule has 0 aliphatic carbocycles. The lowest BCUT2D eigenvalue weighted by Gasteiger charge is -2.41. The Balaban J connectivity index is 1.38. The van der Waals surface area contributed by atoms with Gasteiger partial charge in [0.05, 0.1) is 35.7 Å². The van der Waals surface area contributed by atoms with Crippen LogP contribution in [0.5, 0.6) is 6.01 Å². The smallest absolute Gasteiger partial charge is 0.319 e. The fraction of sp³-hybridized carbons (Fsp3) is 0.314. The molecule has 2 fully saturated rings. The first kappa shape index (κ1) is 30.8. The summed E-state index contributed by atoms with van der Waals surface area (Å²) in [5, 5.41) is 13.5. The molecule has 5 aromatic rings. The number of ether oxygens (including phenoxy) is 1. The lowest BCUT2D eigenvalue weighted by molar-refractivity contribution is -0.131. The first-order valence-electron chi connectivity index (χ1n) is 15.4. The predicted octanol–water partition coefficient (Wildman–Crippen LogP) is 6.68. The molecule has 4 heterocycles. The third kappa shape index (κ3) is 5.62. The molecule has 7 rings (SSSR count). The van der Waals surface area contributed by atoms with Gasteiger partial charge in [0.2, 0.25) is 0 Å². The summed E-state index contributed by atoms with van der Waals surface area (Å²) in [4.78, 5) is 27.5. The van der Waals surface area contributed by atoms with Gasteiger partial charge in [-0.1, -0.05) is 48.5 Å². The monoisotopic (exact) mass is 656 g/mol. The van der Waals surface area contributed by atoms with Crippen molar-refractivity contribution in [3.8, 4) is 23.2 Å². The van der Waals surface area contributed by atoms with Gasteiger partial charge in [-0.15, -0.1) is 0 Å². The van der Waals surface area contributed by atoms with Gasteiger partial charge in [-0.05, 0) is 48.2 Å². The first-order chi connectivity index (χ1) is 22.7. The van der Waals surface area contributed by atoms with Crippen molar-refractivity contribution in [2.45, 2.75) is 31.1 Å². The molecule has 0 radical (unpaired) electrons. The Morgan fingerprint density at radius 3 is 2.68 bits per heavy atom. The Morgan fingerprint density at radius 2 is 1.94 bits per heavy atom. The number of alkyl halides is 1. The number of anilines is 1. The lowest BCUT2D eigenvalue weighted by atomic mass is 9.94. The molecule has 2 saturated heterocycles. The van der Waals surface area contributed by atoms with Crippen molar-refractivity contribution < 1.29 is 22.7 Å². The number of hydrogen-bond acceptors (Lipinski definition) is 8. The van der Waals surface area contributed by atoms with Crippen molar-refractivity contribution in [1.29, 1.82) is 5.26 Å². The van der Waals surface area contributed by atoms with Gasteiger partial charge in [-0.25, -0.2) is 8.78 Å². The number of amides is 1. The largest absolute Gasteiger partial charge is 0.463 e. The number of rotatable bonds is 7. The van der Waals surface area contributed by atoms with Crippen LogP contribution in [-0.4, -0.2) is 83.8 Å². The summed E-state index contributed by atoms with van der Waals surface area (Å²) >= 11 is 6.74. The molecule has 9 nitrogen and oxygen atoms in total. The normalized spacial score (nSPS) is 20.3. The fourth-order valence-corrected chi connectivity index (χ4v) is 7.14. The highest BCUT2D eigenvalue weighted by Gasteiger charge is 2.34. The van der Waals surface area contributed by atoms with Gasteiger partial charge >= 0.3 is 6.01 Å². The maximum atomic E-state index is 14.1. The topological polar surface area (TPSA) is 98.7 Å². The van der Waals surface area contributed by atoms with Crippen LogP contribution in [0, 0.1) is 11.3 Å². The van der Waals surface area contributed by atoms with Gasteiger partial charge in [-0.2, -0.15) is 15.2 Å². The molecular weight excluding hydrogens is 626 g/mol. The molecule has 0 N–H and O–H groups in total. The summed E-state index contributed by atoms with van der Waals surface area (Å²) < 4.78 is 40.3. The summed E-state index contributed by atoms with van der Waals surface area (Å²) in [5.74, 6) is -1.42. The molecule has 2 aliphatic rings. The molecule has 12 heteroatoms. The molecule has 2 aliphatic heterocycles. The highest BCUT2D eigenvalue weighted by atomic mass is 35.5. The molecule has 240 valence electrons. The minimum atomic E-state index is -1.07. The Kier molecular flexibility index (Phi) is 8.16. The number of likely N-dealkylation sites (N-methyl/N-ethyl adjacent to an activating group) is 1. The van der Waals surface area contributed by atoms with Gasteiger partial charge in [0.1, 0.15) is 24.2 Å².